The first kappa shape index (κ1) is 28.7. The Kier molecular flexibility index (Phi) is 14.0. The molecule has 3 aromatic rings. The summed E-state index contributed by atoms with van der Waals surface area (Å²) < 4.78 is 0. The molecule has 0 radical (unpaired) electrons. The Bertz CT molecular complexity index is 802. The summed E-state index contributed by atoms with van der Waals surface area (Å²) in [6.07, 6.45) is 22.4. The third-order valence-corrected chi connectivity index (χ3v) is 12.7. The van der Waals surface area contributed by atoms with Crippen LogP contribution in [0.25, 0.3) is 0 Å². The normalized spacial score (nSPS) is 12.0. The van der Waals surface area contributed by atoms with Gasteiger partial charge in [-0.1, -0.05) is 13.3 Å². The van der Waals surface area contributed by atoms with Crippen molar-refractivity contribution < 1.29 is 0 Å². The van der Waals surface area contributed by atoms with Gasteiger partial charge in [-0.25, -0.2) is 0 Å². The molecule has 0 amide bonds. The van der Waals surface area contributed by atoms with Crippen LogP contribution < -0.4 is 0 Å². The van der Waals surface area contributed by atoms with Crippen LogP contribution in [0.4, 0.5) is 0 Å². The van der Waals surface area contributed by atoms with Gasteiger partial charge < -0.3 is 0 Å². The van der Waals surface area contributed by atoms with Crippen LogP contribution in [0.2, 0.25) is 0 Å². The Morgan fingerprint density at radius 2 is 0.694 bits per heavy atom. The van der Waals surface area contributed by atoms with Crippen molar-refractivity contribution in [3.63, 3.8) is 0 Å². The molecule has 0 aliphatic carbocycles. The van der Waals surface area contributed by atoms with E-state index in [1.54, 1.807) is 0 Å². The van der Waals surface area contributed by atoms with E-state index in [0.717, 1.165) is 0 Å². The minimum absolute atomic E-state index is 1.29. The summed E-state index contributed by atoms with van der Waals surface area (Å²) >= 11 is 0. The fourth-order valence-electron chi connectivity index (χ4n) is 5.88. The number of unbranched alkanes of at least 4 members (excludes halogenated alkanes) is 11. The molecule has 3 rings (SSSR count). The number of hydrogen-bond acceptors (Lipinski definition) is 0. The standard InChI is InChI=1S/C35H51P/c1-2-3-4-5-6-7-8-9-10-11-12-22-29-36(30-33-23-16-13-17-24-33,31-34-25-18-14-19-26-34)32-35-27-20-15-21-28-35/h13-21,23-28,36H,2-12,22,29-32H2,1H3. The van der Waals surface area contributed by atoms with E-state index >= 15 is 0 Å². The first-order valence-electron chi connectivity index (χ1n) is 14.9. The van der Waals surface area contributed by atoms with Crippen molar-refractivity contribution in [2.75, 3.05) is 6.16 Å². The van der Waals surface area contributed by atoms with Gasteiger partial charge in [0, 0.05) is 0 Å². The molecule has 0 unspecified atom stereocenters. The van der Waals surface area contributed by atoms with Crippen LogP contribution in [0, 0.1) is 0 Å². The molecular formula is C35H51P. The van der Waals surface area contributed by atoms with Gasteiger partial charge in [-0.05, 0) is 0 Å². The second-order valence-corrected chi connectivity index (χ2v) is 15.7. The Hall–Kier alpha value is -1.91. The summed E-state index contributed by atoms with van der Waals surface area (Å²) in [7, 11) is -1.62. The SMILES string of the molecule is CCCCCCCCCCCCCC[PH](Cc1ccccc1)(Cc1ccccc1)Cc1ccccc1. The van der Waals surface area contributed by atoms with Crippen molar-refractivity contribution in [2.24, 2.45) is 0 Å². The second kappa shape index (κ2) is 17.5. The zero-order valence-corrected chi connectivity index (χ0v) is 24.0. The van der Waals surface area contributed by atoms with E-state index in [9.17, 15) is 0 Å². The van der Waals surface area contributed by atoms with E-state index in [0.29, 0.717) is 0 Å². The molecule has 0 saturated carbocycles. The van der Waals surface area contributed by atoms with E-state index in [1.165, 1.54) is 118 Å². The molecule has 0 aliphatic rings. The van der Waals surface area contributed by atoms with E-state index in [1.807, 2.05) is 0 Å². The summed E-state index contributed by atoms with van der Waals surface area (Å²) in [6.45, 7) is 2.30. The molecule has 1 heteroatoms. The van der Waals surface area contributed by atoms with Gasteiger partial charge in [0.25, 0.3) is 0 Å². The average molecular weight is 503 g/mol. The molecule has 0 aliphatic heterocycles. The van der Waals surface area contributed by atoms with E-state index in [4.69, 9.17) is 0 Å². The fourth-order valence-corrected chi connectivity index (χ4v) is 11.1. The summed E-state index contributed by atoms with van der Waals surface area (Å²) in [5.41, 5.74) is 4.61. The summed E-state index contributed by atoms with van der Waals surface area (Å²) in [6, 6.07) is 34.0. The number of hydrogen-bond donors (Lipinski definition) is 0. The summed E-state index contributed by atoms with van der Waals surface area (Å²) in [4.78, 5) is 0. The predicted octanol–water partition coefficient (Wildman–Crippen LogP) is 11.0. The van der Waals surface area contributed by atoms with Gasteiger partial charge >= 0.3 is 210 Å². The molecule has 0 bridgehead atoms. The quantitative estimate of drug-likeness (QED) is 0.113. The topological polar surface area (TPSA) is 0 Å². The molecule has 0 saturated heterocycles. The molecule has 196 valence electrons. The first-order valence-corrected chi connectivity index (χ1v) is 17.7. The minimum atomic E-state index is -1.62. The zero-order chi connectivity index (χ0) is 25.2. The number of benzene rings is 3. The molecule has 0 spiro atoms. The van der Waals surface area contributed by atoms with Crippen molar-refractivity contribution in [3.8, 4) is 0 Å². The summed E-state index contributed by atoms with van der Waals surface area (Å²) in [5.74, 6) is 0. The van der Waals surface area contributed by atoms with Gasteiger partial charge in [-0.15, -0.1) is 0 Å². The maximum atomic E-state index is 2.36. The van der Waals surface area contributed by atoms with Crippen molar-refractivity contribution in [1.82, 2.24) is 0 Å². The van der Waals surface area contributed by atoms with E-state index in [2.05, 4.69) is 97.9 Å². The Balaban J connectivity index is 1.56. The zero-order valence-electron chi connectivity index (χ0n) is 23.0. The molecule has 0 N–H and O–H groups in total. The van der Waals surface area contributed by atoms with Crippen molar-refractivity contribution in [2.45, 2.75) is 102 Å². The molecule has 0 fully saturated rings. The van der Waals surface area contributed by atoms with Crippen LogP contribution in [-0.2, 0) is 18.5 Å². The molecular weight excluding hydrogens is 451 g/mol. The Labute approximate surface area is 223 Å². The van der Waals surface area contributed by atoms with Gasteiger partial charge in [-0.3, -0.25) is 0 Å². The monoisotopic (exact) mass is 502 g/mol. The van der Waals surface area contributed by atoms with Gasteiger partial charge in [0.1, 0.15) is 0 Å². The van der Waals surface area contributed by atoms with Crippen LogP contribution in [0.3, 0.4) is 0 Å². The van der Waals surface area contributed by atoms with Crippen LogP contribution in [-0.4, -0.2) is 6.16 Å². The third kappa shape index (κ3) is 11.4. The predicted molar refractivity (Wildman–Crippen MR) is 165 cm³/mol. The Morgan fingerprint density at radius 3 is 1.03 bits per heavy atom. The maximum absolute atomic E-state index is 2.36. The fraction of sp³-hybridized carbons (Fsp3) is 0.486. The molecule has 0 aromatic heterocycles. The van der Waals surface area contributed by atoms with Crippen LogP contribution >= 0.6 is 7.26 Å². The first-order chi connectivity index (χ1) is 17.8. The van der Waals surface area contributed by atoms with Gasteiger partial charge in [0.15, 0.2) is 0 Å². The number of rotatable bonds is 19. The van der Waals surface area contributed by atoms with Crippen molar-refractivity contribution in [1.29, 1.82) is 0 Å². The summed E-state index contributed by atoms with van der Waals surface area (Å²) in [5, 5.41) is 0. The van der Waals surface area contributed by atoms with E-state index < -0.39 is 7.26 Å². The van der Waals surface area contributed by atoms with Crippen LogP contribution in [0.15, 0.2) is 91.0 Å². The van der Waals surface area contributed by atoms with Crippen LogP contribution in [0.5, 0.6) is 0 Å². The van der Waals surface area contributed by atoms with Gasteiger partial charge in [-0.2, -0.15) is 0 Å². The Morgan fingerprint density at radius 1 is 0.389 bits per heavy atom. The molecule has 0 heterocycles. The van der Waals surface area contributed by atoms with Crippen molar-refractivity contribution >= 4 is 7.26 Å². The molecule has 3 aromatic carbocycles. The molecule has 36 heavy (non-hydrogen) atoms. The average Bonchev–Trinajstić information content (AvgIpc) is 2.91. The molecule has 0 nitrogen and oxygen atoms in total. The van der Waals surface area contributed by atoms with Crippen LogP contribution in [0.1, 0.15) is 101 Å². The van der Waals surface area contributed by atoms with Gasteiger partial charge in [0.05, 0.1) is 0 Å². The molecule has 0 atom stereocenters. The third-order valence-electron chi connectivity index (χ3n) is 7.83. The van der Waals surface area contributed by atoms with Gasteiger partial charge in [0.2, 0.25) is 0 Å². The second-order valence-electron chi connectivity index (χ2n) is 11.1. The van der Waals surface area contributed by atoms with E-state index in [-0.39, 0.29) is 0 Å². The van der Waals surface area contributed by atoms with Crippen molar-refractivity contribution in [3.05, 3.63) is 108 Å².